The third kappa shape index (κ3) is 12.0. The first kappa shape index (κ1) is 71.4. The molecule has 24 aromatic rings. The van der Waals surface area contributed by atoms with Gasteiger partial charge in [-0.3, -0.25) is 0 Å². The zero-order valence-electron chi connectivity index (χ0n) is 67.5. The molecule has 122 heavy (non-hydrogen) atoms. The molecule has 22 aromatic carbocycles. The molecule has 0 aliphatic carbocycles. The molecule has 0 unspecified atom stereocenters. The van der Waals surface area contributed by atoms with Crippen molar-refractivity contribution in [2.75, 3.05) is 9.80 Å². The Kier molecular flexibility index (Phi) is 17.3. The molecule has 0 aliphatic rings. The molecule has 0 aliphatic heterocycles. The van der Waals surface area contributed by atoms with E-state index in [9.17, 15) is 0 Å². The molecule has 0 bridgehead atoms. The number of rotatable bonds is 12. The summed E-state index contributed by atoms with van der Waals surface area (Å²) in [6.07, 6.45) is 0. The van der Waals surface area contributed by atoms with E-state index in [1.165, 1.54) is 185 Å². The summed E-state index contributed by atoms with van der Waals surface area (Å²) in [5.41, 5.74) is 26.3. The Labute approximate surface area is 707 Å². The van der Waals surface area contributed by atoms with Crippen LogP contribution in [0.5, 0.6) is 0 Å². The van der Waals surface area contributed by atoms with Gasteiger partial charge in [-0.1, -0.05) is 339 Å². The number of benzene rings is 22. The predicted molar refractivity (Wildman–Crippen MR) is 522 cm³/mol. The number of fused-ring (bicyclic) bond motifs is 14. The number of para-hydroxylation sites is 6. The Hall–Kier alpha value is -15.9. The summed E-state index contributed by atoms with van der Waals surface area (Å²) < 4.78 is 4.76. The highest BCUT2D eigenvalue weighted by Gasteiger charge is 2.26. The van der Waals surface area contributed by atoms with E-state index in [1.54, 1.807) is 0 Å². The second-order valence-electron chi connectivity index (χ2n) is 32.3. The van der Waals surface area contributed by atoms with E-state index in [1.807, 2.05) is 0 Å². The van der Waals surface area contributed by atoms with Crippen molar-refractivity contribution in [1.82, 2.24) is 9.13 Å². The molecule has 4 nitrogen and oxygen atoms in total. The molecule has 0 saturated heterocycles. The maximum Gasteiger partial charge on any atom is 0.0541 e. The zero-order chi connectivity index (χ0) is 80.9. The Morgan fingerprint density at radius 1 is 0.172 bits per heavy atom. The molecule has 0 amide bonds. The van der Waals surface area contributed by atoms with Crippen molar-refractivity contribution < 1.29 is 0 Å². The summed E-state index contributed by atoms with van der Waals surface area (Å²) in [6.45, 7) is 4.41. The van der Waals surface area contributed by atoms with Gasteiger partial charge in [-0.15, -0.1) is 0 Å². The standard InChI is InChI=1S/2C59H40N2/c1-39-29-36-53-54(37-39)58(42-31-30-40-15-5-6-16-41(40)38-42)51-21-7-8-22-52(51)59(53)50-25-13-24-47-46(50)23-14-28-55(47)60(43-17-3-2-4-18-43)44-32-34-45(35-33-44)61-56-26-11-9-19-48(56)49-20-10-12-27-57(49)61;1-39-29-36-53-54(37-39)59(52-22-8-7-21-51(52)58(53)42-31-30-40-15-5-6-16-41(40)38-42)50-25-13-24-47-46(50)23-14-28-55(47)60(43-17-3-2-4-18-43)44-32-34-45(35-33-44)61-56-26-11-9-19-48(56)49-20-10-12-27-57(49)61/h2*2-38H,1H3. The second-order valence-corrected chi connectivity index (χ2v) is 32.3. The van der Waals surface area contributed by atoms with Crippen molar-refractivity contribution in [3.63, 3.8) is 0 Å². The summed E-state index contributed by atoms with van der Waals surface area (Å²) in [7, 11) is 0. The van der Waals surface area contributed by atoms with E-state index in [2.05, 4.69) is 482 Å². The number of aromatic nitrogens is 2. The topological polar surface area (TPSA) is 16.3 Å². The lowest BCUT2D eigenvalue weighted by molar-refractivity contribution is 1.17. The van der Waals surface area contributed by atoms with Gasteiger partial charge in [0.05, 0.1) is 33.4 Å². The average Bonchev–Trinajstić information content (AvgIpc) is 1.09. The maximum absolute atomic E-state index is 2.41. The van der Waals surface area contributed by atoms with Crippen LogP contribution in [0.25, 0.3) is 186 Å². The maximum atomic E-state index is 2.41. The van der Waals surface area contributed by atoms with E-state index in [4.69, 9.17) is 0 Å². The van der Waals surface area contributed by atoms with Crippen molar-refractivity contribution in [3.05, 3.63) is 460 Å². The molecule has 0 N–H and O–H groups in total. The second kappa shape index (κ2) is 29.6. The lowest BCUT2D eigenvalue weighted by atomic mass is 9.84. The van der Waals surface area contributed by atoms with E-state index < -0.39 is 0 Å². The van der Waals surface area contributed by atoms with Gasteiger partial charge < -0.3 is 18.9 Å². The highest BCUT2D eigenvalue weighted by atomic mass is 15.2. The molecule has 0 radical (unpaired) electrons. The quantitative estimate of drug-likeness (QED) is 0.113. The largest absolute Gasteiger partial charge is 0.310 e. The predicted octanol–water partition coefficient (Wildman–Crippen LogP) is 33.0. The van der Waals surface area contributed by atoms with Crippen LogP contribution in [0.2, 0.25) is 0 Å². The third-order valence-electron chi connectivity index (χ3n) is 25.2. The minimum absolute atomic E-state index is 1.10. The van der Waals surface area contributed by atoms with Crippen LogP contribution in [0.3, 0.4) is 0 Å². The molecule has 2 heterocycles. The molecule has 4 heteroatoms. The Bertz CT molecular complexity index is 8170. The van der Waals surface area contributed by atoms with Gasteiger partial charge in [0, 0.05) is 66.4 Å². The summed E-state index contributed by atoms with van der Waals surface area (Å²) >= 11 is 0. The summed E-state index contributed by atoms with van der Waals surface area (Å²) in [6, 6.07) is 165. The van der Waals surface area contributed by atoms with Crippen LogP contribution < -0.4 is 9.80 Å². The fourth-order valence-corrected chi connectivity index (χ4v) is 19.8. The molecule has 0 atom stereocenters. The Morgan fingerprint density at radius 2 is 0.459 bits per heavy atom. The first-order valence-electron chi connectivity index (χ1n) is 42.2. The van der Waals surface area contributed by atoms with Gasteiger partial charge in [0.25, 0.3) is 0 Å². The van der Waals surface area contributed by atoms with Gasteiger partial charge >= 0.3 is 0 Å². The number of hydrogen-bond acceptors (Lipinski definition) is 2. The molecule has 0 saturated carbocycles. The normalized spacial score (nSPS) is 11.7. The third-order valence-corrected chi connectivity index (χ3v) is 25.2. The average molecular weight is 1550 g/mol. The number of hydrogen-bond donors (Lipinski definition) is 0. The number of nitrogens with zero attached hydrogens (tertiary/aromatic N) is 4. The van der Waals surface area contributed by atoms with Crippen LogP contribution in [-0.4, -0.2) is 9.13 Å². The van der Waals surface area contributed by atoms with Crippen molar-refractivity contribution in [3.8, 4) is 55.9 Å². The van der Waals surface area contributed by atoms with Crippen LogP contribution in [0.4, 0.5) is 34.1 Å². The minimum Gasteiger partial charge on any atom is -0.310 e. The molecule has 0 spiro atoms. The molecular weight excluding hydrogens is 1470 g/mol. The Morgan fingerprint density at radius 3 is 0.869 bits per heavy atom. The van der Waals surface area contributed by atoms with Gasteiger partial charge in [-0.2, -0.15) is 0 Å². The van der Waals surface area contributed by atoms with Crippen molar-refractivity contribution in [1.29, 1.82) is 0 Å². The highest BCUT2D eigenvalue weighted by molar-refractivity contribution is 6.27. The van der Waals surface area contributed by atoms with E-state index >= 15 is 0 Å². The summed E-state index contributed by atoms with van der Waals surface area (Å²) in [4.78, 5) is 4.81. The molecular formula is C118H80N4. The monoisotopic (exact) mass is 1550 g/mol. The molecule has 24 rings (SSSR count). The first-order chi connectivity index (χ1) is 60.4. The van der Waals surface area contributed by atoms with Crippen molar-refractivity contribution in [2.45, 2.75) is 13.8 Å². The SMILES string of the molecule is Cc1ccc2c(-c3ccc4ccccc4c3)c3ccccc3c(-c3cccc4c(N(c5ccccc5)c5ccc(-n6c7ccccc7c7ccccc76)cc5)cccc34)c2c1.Cc1ccc2c(-c3cccc4c(N(c5ccccc5)c5ccc(-n6c7ccccc7c7ccccc76)cc5)cccc34)c3ccccc3c(-c3ccc4ccccc4c3)c2c1. The summed E-state index contributed by atoms with van der Waals surface area (Å²) in [5.74, 6) is 0. The van der Waals surface area contributed by atoms with Crippen molar-refractivity contribution in [2.24, 2.45) is 0 Å². The van der Waals surface area contributed by atoms with Crippen molar-refractivity contribution >= 4 is 164 Å². The van der Waals surface area contributed by atoms with Crippen LogP contribution in [0, 0.1) is 13.8 Å². The Balaban J connectivity index is 0.000000142. The van der Waals surface area contributed by atoms with Gasteiger partial charge in [0.1, 0.15) is 0 Å². The van der Waals surface area contributed by atoms with Crippen LogP contribution >= 0.6 is 0 Å². The van der Waals surface area contributed by atoms with Crippen LogP contribution in [0.1, 0.15) is 11.1 Å². The van der Waals surface area contributed by atoms with Gasteiger partial charge in [-0.25, -0.2) is 0 Å². The first-order valence-corrected chi connectivity index (χ1v) is 42.2. The fourth-order valence-electron chi connectivity index (χ4n) is 19.8. The lowest BCUT2D eigenvalue weighted by Gasteiger charge is -2.27. The fraction of sp³-hybridized carbons (Fsp3) is 0.0169. The van der Waals surface area contributed by atoms with Gasteiger partial charge in [0.2, 0.25) is 0 Å². The molecule has 572 valence electrons. The van der Waals surface area contributed by atoms with Gasteiger partial charge in [-0.05, 0) is 255 Å². The van der Waals surface area contributed by atoms with Gasteiger partial charge in [0.15, 0.2) is 0 Å². The van der Waals surface area contributed by atoms with E-state index in [-0.39, 0.29) is 0 Å². The number of anilines is 6. The molecule has 0 fully saturated rings. The van der Waals surface area contributed by atoms with Crippen LogP contribution in [-0.2, 0) is 0 Å². The van der Waals surface area contributed by atoms with Crippen LogP contribution in [0.15, 0.2) is 449 Å². The number of aryl methyl sites for hydroxylation is 2. The summed E-state index contributed by atoms with van der Waals surface area (Å²) in [5, 5.41) is 24.9. The highest BCUT2D eigenvalue weighted by Crippen LogP contribution is 2.52. The minimum atomic E-state index is 1.10. The smallest absolute Gasteiger partial charge is 0.0541 e. The van der Waals surface area contributed by atoms with E-state index in [0.29, 0.717) is 0 Å². The lowest BCUT2D eigenvalue weighted by Crippen LogP contribution is -2.10. The zero-order valence-corrected chi connectivity index (χ0v) is 67.5. The van der Waals surface area contributed by atoms with E-state index in [0.717, 1.165) is 45.5 Å². The molecule has 2 aromatic heterocycles.